The van der Waals surface area contributed by atoms with Gasteiger partial charge in [0, 0.05) is 13.8 Å². The van der Waals surface area contributed by atoms with E-state index < -0.39 is 41.8 Å². The van der Waals surface area contributed by atoms with Gasteiger partial charge in [0.25, 0.3) is 0 Å². The first kappa shape index (κ1) is 15.7. The number of hydrogen-bond acceptors (Lipinski definition) is 8. The molecule has 124 valence electrons. The first-order valence-electron chi connectivity index (χ1n) is 7.20. The molecule has 2 bridgehead atoms. The molecule has 0 aromatic rings. The predicted molar refractivity (Wildman–Crippen MR) is 69.6 cm³/mol. The molecule has 0 unspecified atom stereocenters. The summed E-state index contributed by atoms with van der Waals surface area (Å²) in [5.41, 5.74) is 0. The van der Waals surface area contributed by atoms with Crippen LogP contribution >= 0.6 is 0 Å². The van der Waals surface area contributed by atoms with E-state index in [0.29, 0.717) is 0 Å². The zero-order valence-electron chi connectivity index (χ0n) is 13.0. The number of carbonyl (C=O) groups excluding carboxylic acids is 2. The molecule has 3 aliphatic rings. The number of esters is 2. The number of fused-ring (bicyclic) bond motifs is 4. The SMILES string of the molecule is CC(=O)OC[C@@]12OC[C@@H](O1)[C@H]1OC(C)(C)O[C@@H]1[C@H]2OC(C)=O. The Morgan fingerprint density at radius 2 is 1.77 bits per heavy atom. The monoisotopic (exact) mass is 316 g/mol. The van der Waals surface area contributed by atoms with Crippen molar-refractivity contribution in [1.29, 1.82) is 0 Å². The van der Waals surface area contributed by atoms with Crippen LogP contribution in [0, 0.1) is 0 Å². The molecular weight excluding hydrogens is 296 g/mol. The topological polar surface area (TPSA) is 89.5 Å². The van der Waals surface area contributed by atoms with E-state index in [4.69, 9.17) is 28.4 Å². The van der Waals surface area contributed by atoms with Gasteiger partial charge in [-0.1, -0.05) is 0 Å². The van der Waals surface area contributed by atoms with Gasteiger partial charge in [-0.2, -0.15) is 0 Å². The summed E-state index contributed by atoms with van der Waals surface area (Å²) < 4.78 is 33.7. The molecule has 22 heavy (non-hydrogen) atoms. The third-order valence-corrected chi connectivity index (χ3v) is 3.87. The average molecular weight is 316 g/mol. The molecule has 0 N–H and O–H groups in total. The lowest BCUT2D eigenvalue weighted by Crippen LogP contribution is -2.62. The van der Waals surface area contributed by atoms with E-state index in [1.54, 1.807) is 13.8 Å². The van der Waals surface area contributed by atoms with Gasteiger partial charge >= 0.3 is 11.9 Å². The van der Waals surface area contributed by atoms with Gasteiger partial charge < -0.3 is 28.4 Å². The van der Waals surface area contributed by atoms with Crippen LogP contribution in [-0.4, -0.2) is 61.1 Å². The summed E-state index contributed by atoms with van der Waals surface area (Å²) in [6.07, 6.45) is -2.20. The van der Waals surface area contributed by atoms with Gasteiger partial charge in [0.05, 0.1) is 6.61 Å². The Bertz CT molecular complexity index is 489. The minimum absolute atomic E-state index is 0.177. The molecular formula is C14H20O8. The maximum absolute atomic E-state index is 11.5. The van der Waals surface area contributed by atoms with Crippen LogP contribution in [0.25, 0.3) is 0 Å². The van der Waals surface area contributed by atoms with Gasteiger partial charge in [0.1, 0.15) is 24.9 Å². The molecule has 8 nitrogen and oxygen atoms in total. The van der Waals surface area contributed by atoms with Crippen molar-refractivity contribution in [3.63, 3.8) is 0 Å². The lowest BCUT2D eigenvalue weighted by molar-refractivity contribution is -0.297. The van der Waals surface area contributed by atoms with Crippen molar-refractivity contribution in [2.24, 2.45) is 0 Å². The highest BCUT2D eigenvalue weighted by molar-refractivity contribution is 5.67. The molecule has 0 amide bonds. The fourth-order valence-electron chi connectivity index (χ4n) is 3.14. The summed E-state index contributed by atoms with van der Waals surface area (Å²) in [4.78, 5) is 22.6. The summed E-state index contributed by atoms with van der Waals surface area (Å²) in [5, 5.41) is 0. The van der Waals surface area contributed by atoms with E-state index in [-0.39, 0.29) is 19.3 Å². The van der Waals surface area contributed by atoms with Crippen molar-refractivity contribution in [3.8, 4) is 0 Å². The summed E-state index contributed by atoms with van der Waals surface area (Å²) in [6, 6.07) is 0. The van der Waals surface area contributed by atoms with Crippen molar-refractivity contribution in [2.45, 2.75) is 63.7 Å². The molecule has 3 fully saturated rings. The first-order valence-corrected chi connectivity index (χ1v) is 7.20. The van der Waals surface area contributed by atoms with E-state index in [9.17, 15) is 9.59 Å². The van der Waals surface area contributed by atoms with E-state index in [2.05, 4.69) is 0 Å². The molecule has 3 rings (SSSR count). The molecule has 3 aliphatic heterocycles. The van der Waals surface area contributed by atoms with Gasteiger partial charge in [0.2, 0.25) is 5.79 Å². The third-order valence-electron chi connectivity index (χ3n) is 3.87. The van der Waals surface area contributed by atoms with E-state index >= 15 is 0 Å². The molecule has 0 aromatic heterocycles. The van der Waals surface area contributed by atoms with Gasteiger partial charge in [-0.3, -0.25) is 9.59 Å². The smallest absolute Gasteiger partial charge is 0.303 e. The maximum Gasteiger partial charge on any atom is 0.303 e. The lowest BCUT2D eigenvalue weighted by Gasteiger charge is -2.41. The largest absolute Gasteiger partial charge is 0.460 e. The quantitative estimate of drug-likeness (QED) is 0.679. The maximum atomic E-state index is 11.5. The molecule has 0 aliphatic carbocycles. The first-order chi connectivity index (χ1) is 10.2. The standard InChI is InChI=1S/C14H20O8/c1-7(15)17-6-14-12(19-8(2)16)11-10(9(20-14)5-18-14)21-13(3,4)22-11/h9-12H,5-6H2,1-4H3/t9-,10-,11+,12-,14-/m1/s1. The Balaban J connectivity index is 1.89. The van der Waals surface area contributed by atoms with Crippen molar-refractivity contribution < 1.29 is 38.0 Å². The van der Waals surface area contributed by atoms with Crippen molar-refractivity contribution in [1.82, 2.24) is 0 Å². The summed E-state index contributed by atoms with van der Waals surface area (Å²) in [5.74, 6) is -3.15. The van der Waals surface area contributed by atoms with Crippen LogP contribution < -0.4 is 0 Å². The minimum atomic E-state index is -1.35. The fourth-order valence-corrected chi connectivity index (χ4v) is 3.14. The average Bonchev–Trinajstić information content (AvgIpc) is 2.93. The number of hydrogen-bond donors (Lipinski definition) is 0. The normalized spacial score (nSPS) is 41.8. The third kappa shape index (κ3) is 2.60. The molecule has 3 heterocycles. The van der Waals surface area contributed by atoms with Gasteiger partial charge in [-0.05, 0) is 13.8 Å². The Kier molecular flexibility index (Phi) is 3.67. The molecule has 0 saturated carbocycles. The second-order valence-electron chi connectivity index (χ2n) is 6.15. The van der Waals surface area contributed by atoms with E-state index in [1.165, 1.54) is 13.8 Å². The Morgan fingerprint density at radius 3 is 2.41 bits per heavy atom. The van der Waals surface area contributed by atoms with Gasteiger partial charge in [-0.25, -0.2) is 0 Å². The summed E-state index contributed by atoms with van der Waals surface area (Å²) >= 11 is 0. The Morgan fingerprint density at radius 1 is 1.09 bits per heavy atom. The van der Waals surface area contributed by atoms with Crippen LogP contribution in [0.3, 0.4) is 0 Å². The Hall–Kier alpha value is -1.22. The molecule has 5 atom stereocenters. The second kappa shape index (κ2) is 5.16. The molecule has 0 radical (unpaired) electrons. The summed E-state index contributed by atoms with van der Waals surface area (Å²) in [7, 11) is 0. The number of ether oxygens (including phenoxy) is 6. The van der Waals surface area contributed by atoms with Gasteiger partial charge in [0.15, 0.2) is 11.9 Å². The second-order valence-corrected chi connectivity index (χ2v) is 6.15. The zero-order valence-corrected chi connectivity index (χ0v) is 13.0. The fraction of sp³-hybridized carbons (Fsp3) is 0.857. The van der Waals surface area contributed by atoms with Crippen LogP contribution in [0.1, 0.15) is 27.7 Å². The number of rotatable bonds is 3. The predicted octanol–water partition coefficient (Wildman–Crippen LogP) is 0.127. The molecule has 8 heteroatoms. The summed E-state index contributed by atoms with van der Waals surface area (Å²) in [6.45, 7) is 6.21. The van der Waals surface area contributed by atoms with Crippen LogP contribution in [-0.2, 0) is 38.0 Å². The lowest BCUT2D eigenvalue weighted by atomic mass is 9.95. The minimum Gasteiger partial charge on any atom is -0.460 e. The van der Waals surface area contributed by atoms with Gasteiger partial charge in [-0.15, -0.1) is 0 Å². The van der Waals surface area contributed by atoms with Crippen LogP contribution in [0.2, 0.25) is 0 Å². The van der Waals surface area contributed by atoms with Crippen LogP contribution in [0.15, 0.2) is 0 Å². The van der Waals surface area contributed by atoms with Crippen molar-refractivity contribution in [2.75, 3.05) is 13.2 Å². The molecule has 0 aromatic carbocycles. The highest BCUT2D eigenvalue weighted by Crippen LogP contribution is 2.46. The van der Waals surface area contributed by atoms with Crippen LogP contribution in [0.5, 0.6) is 0 Å². The zero-order chi connectivity index (χ0) is 16.1. The Labute approximate surface area is 127 Å². The van der Waals surface area contributed by atoms with Crippen LogP contribution in [0.4, 0.5) is 0 Å². The highest BCUT2D eigenvalue weighted by Gasteiger charge is 2.67. The number of carbonyl (C=O) groups is 2. The van der Waals surface area contributed by atoms with Crippen molar-refractivity contribution in [3.05, 3.63) is 0 Å². The molecule has 0 spiro atoms. The van der Waals surface area contributed by atoms with E-state index in [0.717, 1.165) is 0 Å². The highest BCUT2D eigenvalue weighted by atomic mass is 16.8. The van der Waals surface area contributed by atoms with E-state index in [1.807, 2.05) is 0 Å². The molecule has 3 saturated heterocycles. The van der Waals surface area contributed by atoms with Crippen molar-refractivity contribution >= 4 is 11.9 Å².